The molecule has 1 heterocycles. The summed E-state index contributed by atoms with van der Waals surface area (Å²) < 4.78 is 28.6. The van der Waals surface area contributed by atoms with Crippen LogP contribution in [0.1, 0.15) is 35.6 Å². The van der Waals surface area contributed by atoms with Crippen molar-refractivity contribution in [1.29, 1.82) is 0 Å². The summed E-state index contributed by atoms with van der Waals surface area (Å²) >= 11 is 0. The van der Waals surface area contributed by atoms with Gasteiger partial charge in [-0.1, -0.05) is 85.8 Å². The Kier molecular flexibility index (Phi) is 4.39. The van der Waals surface area contributed by atoms with E-state index in [0.717, 1.165) is 16.7 Å². The first-order chi connectivity index (χ1) is 12.6. The van der Waals surface area contributed by atoms with Gasteiger partial charge in [-0.2, -0.15) is 4.31 Å². The van der Waals surface area contributed by atoms with E-state index in [9.17, 15) is 8.42 Å². The number of hydrogen-bond acceptors (Lipinski definition) is 2. The number of nitrogens with zero attached hydrogens (tertiary/aromatic N) is 1. The van der Waals surface area contributed by atoms with Crippen LogP contribution < -0.4 is 0 Å². The van der Waals surface area contributed by atoms with Gasteiger partial charge in [0.2, 0.25) is 10.0 Å². The van der Waals surface area contributed by atoms with E-state index < -0.39 is 10.0 Å². The van der Waals surface area contributed by atoms with Crippen molar-refractivity contribution in [3.05, 3.63) is 102 Å². The average Bonchev–Trinajstić information content (AvgIpc) is 2.68. The van der Waals surface area contributed by atoms with Gasteiger partial charge in [0.05, 0.1) is 10.9 Å². The highest BCUT2D eigenvalue weighted by molar-refractivity contribution is 7.89. The van der Waals surface area contributed by atoms with E-state index in [-0.39, 0.29) is 12.0 Å². The molecule has 0 spiro atoms. The van der Waals surface area contributed by atoms with Crippen LogP contribution in [0.5, 0.6) is 0 Å². The summed E-state index contributed by atoms with van der Waals surface area (Å²) in [4.78, 5) is 0.426. The minimum absolute atomic E-state index is 0.0702. The van der Waals surface area contributed by atoms with Crippen molar-refractivity contribution in [3.8, 4) is 0 Å². The fraction of sp³-hybridized carbons (Fsp3) is 0.182. The summed E-state index contributed by atoms with van der Waals surface area (Å²) in [5.74, 6) is 0.0702. The van der Waals surface area contributed by atoms with Crippen molar-refractivity contribution in [2.45, 2.75) is 30.3 Å². The highest BCUT2D eigenvalue weighted by Gasteiger charge is 2.42. The topological polar surface area (TPSA) is 37.4 Å². The Bertz CT molecular complexity index is 1000. The Balaban J connectivity index is 1.89. The summed E-state index contributed by atoms with van der Waals surface area (Å²) in [6, 6.07) is 26.9. The van der Waals surface area contributed by atoms with Crippen molar-refractivity contribution in [1.82, 2.24) is 4.31 Å². The predicted octanol–water partition coefficient (Wildman–Crippen LogP) is 4.74. The molecule has 26 heavy (non-hydrogen) atoms. The lowest BCUT2D eigenvalue weighted by Gasteiger charge is -2.40. The molecule has 3 aromatic rings. The first-order valence-corrected chi connectivity index (χ1v) is 10.2. The average molecular weight is 363 g/mol. The lowest BCUT2D eigenvalue weighted by molar-refractivity contribution is 0.271. The largest absolute Gasteiger partial charge is 0.244 e. The Labute approximate surface area is 155 Å². The Morgan fingerprint density at radius 3 is 2.08 bits per heavy atom. The third kappa shape index (κ3) is 2.85. The van der Waals surface area contributed by atoms with Gasteiger partial charge in [0.25, 0.3) is 0 Å². The number of benzene rings is 3. The number of fused-ring (bicyclic) bond motifs is 1. The van der Waals surface area contributed by atoms with Gasteiger partial charge in [0.15, 0.2) is 0 Å². The minimum atomic E-state index is -3.58. The van der Waals surface area contributed by atoms with Gasteiger partial charge in [0, 0.05) is 12.5 Å². The zero-order valence-corrected chi connectivity index (χ0v) is 15.4. The molecule has 0 N–H and O–H groups in total. The molecule has 0 unspecified atom stereocenters. The van der Waals surface area contributed by atoms with Crippen molar-refractivity contribution in [2.75, 3.05) is 0 Å². The highest BCUT2D eigenvalue weighted by Crippen LogP contribution is 2.46. The molecule has 1 aliphatic heterocycles. The first-order valence-electron chi connectivity index (χ1n) is 8.78. The molecular formula is C22H21NO2S. The van der Waals surface area contributed by atoms with Gasteiger partial charge in [-0.05, 0) is 22.8 Å². The van der Waals surface area contributed by atoms with Crippen molar-refractivity contribution < 1.29 is 8.42 Å². The van der Waals surface area contributed by atoms with Gasteiger partial charge >= 0.3 is 0 Å². The zero-order valence-electron chi connectivity index (χ0n) is 14.6. The van der Waals surface area contributed by atoms with Crippen LogP contribution in [0.15, 0.2) is 89.8 Å². The third-order valence-electron chi connectivity index (χ3n) is 5.10. The molecule has 3 aromatic carbocycles. The Morgan fingerprint density at radius 2 is 1.38 bits per heavy atom. The number of sulfonamides is 1. The predicted molar refractivity (Wildman–Crippen MR) is 103 cm³/mol. The van der Waals surface area contributed by atoms with Gasteiger partial charge in [0.1, 0.15) is 0 Å². The monoisotopic (exact) mass is 363 g/mol. The summed E-state index contributed by atoms with van der Waals surface area (Å²) in [6.07, 6.45) is 0. The lowest BCUT2D eigenvalue weighted by Crippen LogP contribution is -2.41. The minimum Gasteiger partial charge on any atom is -0.207 e. The molecule has 0 fully saturated rings. The SMILES string of the molecule is C[C@@H]1c2ccccc2S(=O)(=O)N(Cc2ccccc2)[C@H]1c1ccccc1. The molecule has 1 aliphatic rings. The van der Waals surface area contributed by atoms with Crippen molar-refractivity contribution >= 4 is 10.0 Å². The fourth-order valence-corrected chi connectivity index (χ4v) is 5.82. The Hall–Kier alpha value is -2.43. The van der Waals surface area contributed by atoms with Crippen LogP contribution in [0.2, 0.25) is 0 Å². The highest BCUT2D eigenvalue weighted by atomic mass is 32.2. The molecule has 0 aromatic heterocycles. The summed E-state index contributed by atoms with van der Waals surface area (Å²) in [7, 11) is -3.58. The maximum atomic E-state index is 13.5. The van der Waals surface area contributed by atoms with E-state index in [4.69, 9.17) is 0 Å². The van der Waals surface area contributed by atoms with E-state index in [2.05, 4.69) is 6.92 Å². The Morgan fingerprint density at radius 1 is 0.808 bits per heavy atom. The maximum Gasteiger partial charge on any atom is 0.244 e. The van der Waals surface area contributed by atoms with Crippen molar-refractivity contribution in [3.63, 3.8) is 0 Å². The van der Waals surface area contributed by atoms with Gasteiger partial charge in [-0.25, -0.2) is 8.42 Å². The second-order valence-electron chi connectivity index (χ2n) is 6.72. The standard InChI is InChI=1S/C22H21NO2S/c1-17-20-14-8-9-15-21(20)26(24,25)23(16-18-10-4-2-5-11-18)22(17)19-12-6-3-7-13-19/h2-15,17,22H,16H2,1H3/t17-,22-/m1/s1. The quantitative estimate of drug-likeness (QED) is 0.674. The molecule has 4 rings (SSSR count). The molecule has 132 valence electrons. The van der Waals surface area contributed by atoms with Crippen LogP contribution in [-0.2, 0) is 16.6 Å². The summed E-state index contributed by atoms with van der Waals surface area (Å²) in [6.45, 7) is 2.48. The molecule has 0 amide bonds. The maximum absolute atomic E-state index is 13.5. The normalized spacial score (nSPS) is 21.9. The molecule has 0 saturated carbocycles. The molecular weight excluding hydrogens is 342 g/mol. The first kappa shape index (κ1) is 17.0. The molecule has 0 bridgehead atoms. The molecule has 0 radical (unpaired) electrons. The fourth-order valence-electron chi connectivity index (χ4n) is 3.84. The number of hydrogen-bond donors (Lipinski definition) is 0. The molecule has 2 atom stereocenters. The summed E-state index contributed by atoms with van der Waals surface area (Å²) in [5.41, 5.74) is 2.91. The van der Waals surface area contributed by atoms with Crippen LogP contribution >= 0.6 is 0 Å². The number of rotatable bonds is 3. The van der Waals surface area contributed by atoms with Gasteiger partial charge in [-0.15, -0.1) is 0 Å². The van der Waals surface area contributed by atoms with Crippen LogP contribution in [0.3, 0.4) is 0 Å². The van der Waals surface area contributed by atoms with Gasteiger partial charge in [-0.3, -0.25) is 0 Å². The molecule has 3 nitrogen and oxygen atoms in total. The van der Waals surface area contributed by atoms with E-state index in [1.54, 1.807) is 16.4 Å². The van der Waals surface area contributed by atoms with E-state index >= 15 is 0 Å². The zero-order chi connectivity index (χ0) is 18.1. The van der Waals surface area contributed by atoms with Crippen molar-refractivity contribution in [2.24, 2.45) is 0 Å². The second-order valence-corrected chi connectivity index (χ2v) is 8.58. The van der Waals surface area contributed by atoms with E-state index in [1.165, 1.54) is 0 Å². The van der Waals surface area contributed by atoms with Crippen LogP contribution in [0.25, 0.3) is 0 Å². The smallest absolute Gasteiger partial charge is 0.207 e. The molecule has 0 aliphatic carbocycles. The molecule has 4 heteroatoms. The molecule has 0 saturated heterocycles. The van der Waals surface area contributed by atoms with Crippen LogP contribution in [0, 0.1) is 0 Å². The summed E-state index contributed by atoms with van der Waals surface area (Å²) in [5, 5.41) is 0. The van der Waals surface area contributed by atoms with Crippen LogP contribution in [-0.4, -0.2) is 12.7 Å². The van der Waals surface area contributed by atoms with E-state index in [0.29, 0.717) is 11.4 Å². The van der Waals surface area contributed by atoms with Gasteiger partial charge < -0.3 is 0 Å². The lowest BCUT2D eigenvalue weighted by atomic mass is 9.88. The third-order valence-corrected chi connectivity index (χ3v) is 7.00. The van der Waals surface area contributed by atoms with Crippen LogP contribution in [0.4, 0.5) is 0 Å². The second kappa shape index (κ2) is 6.71. The van der Waals surface area contributed by atoms with E-state index in [1.807, 2.05) is 72.8 Å².